The summed E-state index contributed by atoms with van der Waals surface area (Å²) < 4.78 is 0. The van der Waals surface area contributed by atoms with Gasteiger partial charge in [0, 0.05) is 0 Å². The first-order valence-corrected chi connectivity index (χ1v) is 9.96. The number of benzene rings is 1. The Bertz CT molecular complexity index is 286. The smallest absolute Gasteiger partial charge is 0.0656 e. The van der Waals surface area contributed by atoms with Crippen LogP contribution in [-0.2, 0) is 0 Å². The van der Waals surface area contributed by atoms with Crippen LogP contribution in [0.4, 0.5) is 0 Å². The summed E-state index contributed by atoms with van der Waals surface area (Å²) in [7, 11) is -1.19. The van der Waals surface area contributed by atoms with E-state index in [1.165, 1.54) is 43.8 Å². The van der Waals surface area contributed by atoms with Crippen molar-refractivity contribution in [3.05, 3.63) is 30.3 Å². The van der Waals surface area contributed by atoms with Crippen LogP contribution in [0.1, 0.15) is 46.5 Å². The van der Waals surface area contributed by atoms with Crippen molar-refractivity contribution in [2.75, 3.05) is 0 Å². The molecule has 0 heterocycles. The third-order valence-electron chi connectivity index (χ3n) is 3.85. The minimum Gasteiger partial charge on any atom is -0.0656 e. The van der Waals surface area contributed by atoms with Gasteiger partial charge in [0.2, 0.25) is 0 Å². The predicted molar refractivity (Wildman–Crippen MR) is 81.7 cm³/mol. The molecular formula is C16H28Si. The molecule has 1 aromatic rings. The Kier molecular flexibility index (Phi) is 6.57. The average Bonchev–Trinajstić information content (AvgIpc) is 2.37. The molecule has 0 fully saturated rings. The van der Waals surface area contributed by atoms with Crippen molar-refractivity contribution in [2.45, 2.75) is 64.6 Å². The SMILES string of the molecule is CCCC[Si](CCC)(CCC)c1ccccc1. The van der Waals surface area contributed by atoms with Crippen LogP contribution >= 0.6 is 0 Å². The zero-order chi connectivity index (χ0) is 12.6. The predicted octanol–water partition coefficient (Wildman–Crippen LogP) is 4.96. The van der Waals surface area contributed by atoms with Crippen LogP contribution in [0.2, 0.25) is 18.1 Å². The maximum atomic E-state index is 2.40. The van der Waals surface area contributed by atoms with E-state index in [0.29, 0.717) is 0 Å². The van der Waals surface area contributed by atoms with Gasteiger partial charge in [0.25, 0.3) is 0 Å². The van der Waals surface area contributed by atoms with Crippen LogP contribution in [0.25, 0.3) is 0 Å². The van der Waals surface area contributed by atoms with Gasteiger partial charge in [-0.25, -0.2) is 0 Å². The van der Waals surface area contributed by atoms with Gasteiger partial charge in [-0.1, -0.05) is 100 Å². The fourth-order valence-corrected chi connectivity index (χ4v) is 8.53. The molecule has 0 aliphatic carbocycles. The molecule has 0 nitrogen and oxygen atoms in total. The van der Waals surface area contributed by atoms with Crippen molar-refractivity contribution in [3.8, 4) is 0 Å². The van der Waals surface area contributed by atoms with E-state index in [9.17, 15) is 0 Å². The van der Waals surface area contributed by atoms with Gasteiger partial charge in [-0.05, 0) is 0 Å². The van der Waals surface area contributed by atoms with Crippen molar-refractivity contribution in [2.24, 2.45) is 0 Å². The molecule has 1 heteroatoms. The molecule has 0 spiro atoms. The second-order valence-electron chi connectivity index (χ2n) is 5.25. The van der Waals surface area contributed by atoms with Gasteiger partial charge < -0.3 is 0 Å². The van der Waals surface area contributed by atoms with Crippen LogP contribution in [0, 0.1) is 0 Å². The van der Waals surface area contributed by atoms with Gasteiger partial charge in [0.15, 0.2) is 0 Å². The van der Waals surface area contributed by atoms with E-state index >= 15 is 0 Å². The summed E-state index contributed by atoms with van der Waals surface area (Å²) in [6.07, 6.45) is 5.46. The first-order valence-electron chi connectivity index (χ1n) is 7.34. The van der Waals surface area contributed by atoms with Crippen LogP contribution in [0.15, 0.2) is 30.3 Å². The van der Waals surface area contributed by atoms with Gasteiger partial charge in [-0.15, -0.1) is 0 Å². The quantitative estimate of drug-likeness (QED) is 0.570. The Labute approximate surface area is 108 Å². The van der Waals surface area contributed by atoms with Crippen LogP contribution in [0.5, 0.6) is 0 Å². The summed E-state index contributed by atoms with van der Waals surface area (Å²) in [5, 5.41) is 1.71. The van der Waals surface area contributed by atoms with Crippen LogP contribution in [0.3, 0.4) is 0 Å². The summed E-state index contributed by atoms with van der Waals surface area (Å²) in [6.45, 7) is 7.03. The monoisotopic (exact) mass is 248 g/mol. The highest BCUT2D eigenvalue weighted by atomic mass is 28.3. The molecule has 0 aromatic heterocycles. The molecule has 0 bridgehead atoms. The van der Waals surface area contributed by atoms with Crippen LogP contribution in [-0.4, -0.2) is 8.07 Å². The lowest BCUT2D eigenvalue weighted by Gasteiger charge is -2.32. The van der Waals surface area contributed by atoms with Crippen molar-refractivity contribution < 1.29 is 0 Å². The Morgan fingerprint density at radius 3 is 1.82 bits per heavy atom. The van der Waals surface area contributed by atoms with E-state index in [1.807, 2.05) is 0 Å². The third-order valence-corrected chi connectivity index (χ3v) is 9.64. The molecule has 0 unspecified atom stereocenters. The molecule has 0 amide bonds. The van der Waals surface area contributed by atoms with E-state index in [2.05, 4.69) is 51.1 Å². The minimum absolute atomic E-state index is 1.19. The molecule has 17 heavy (non-hydrogen) atoms. The number of unbranched alkanes of at least 4 members (excludes halogenated alkanes) is 1. The third kappa shape index (κ3) is 3.99. The Morgan fingerprint density at radius 2 is 1.35 bits per heavy atom. The van der Waals surface area contributed by atoms with Gasteiger partial charge in [-0.3, -0.25) is 0 Å². The standard InChI is InChI=1S/C16H28Si/c1-4-7-15-17(13-5-2,14-6-3)16-11-9-8-10-12-16/h8-12H,4-7,13-15H2,1-3H3. The van der Waals surface area contributed by atoms with Gasteiger partial charge in [0.1, 0.15) is 0 Å². The molecular weight excluding hydrogens is 220 g/mol. The van der Waals surface area contributed by atoms with Gasteiger partial charge >= 0.3 is 0 Å². The highest BCUT2D eigenvalue weighted by Crippen LogP contribution is 2.26. The maximum absolute atomic E-state index is 2.40. The minimum atomic E-state index is -1.19. The van der Waals surface area contributed by atoms with Gasteiger partial charge in [-0.2, -0.15) is 0 Å². The molecule has 0 aliphatic heterocycles. The zero-order valence-corrected chi connectivity index (χ0v) is 12.8. The summed E-state index contributed by atoms with van der Waals surface area (Å²) in [6, 6.07) is 15.9. The molecule has 0 saturated carbocycles. The number of rotatable bonds is 8. The van der Waals surface area contributed by atoms with Crippen LogP contribution < -0.4 is 5.19 Å². The molecule has 0 N–H and O–H groups in total. The largest absolute Gasteiger partial charge is 0.0867 e. The van der Waals surface area contributed by atoms with Crippen molar-refractivity contribution in [1.82, 2.24) is 0 Å². The topological polar surface area (TPSA) is 0 Å². The lowest BCUT2D eigenvalue weighted by atomic mass is 10.4. The van der Waals surface area contributed by atoms with Crippen molar-refractivity contribution in [3.63, 3.8) is 0 Å². The van der Waals surface area contributed by atoms with E-state index in [-0.39, 0.29) is 0 Å². The Balaban J connectivity index is 2.95. The number of hydrogen-bond donors (Lipinski definition) is 0. The molecule has 1 aromatic carbocycles. The van der Waals surface area contributed by atoms with E-state index in [0.717, 1.165) is 0 Å². The highest BCUT2D eigenvalue weighted by molar-refractivity contribution is 6.91. The summed E-state index contributed by atoms with van der Waals surface area (Å²) in [4.78, 5) is 0. The van der Waals surface area contributed by atoms with E-state index in [1.54, 1.807) is 5.19 Å². The zero-order valence-electron chi connectivity index (χ0n) is 11.8. The first kappa shape index (κ1) is 14.5. The maximum Gasteiger partial charge on any atom is 0.0867 e. The van der Waals surface area contributed by atoms with Gasteiger partial charge in [0.05, 0.1) is 8.07 Å². The summed E-state index contributed by atoms with van der Waals surface area (Å²) >= 11 is 0. The Hall–Kier alpha value is -0.563. The molecule has 96 valence electrons. The molecule has 1 rings (SSSR count). The van der Waals surface area contributed by atoms with Crippen molar-refractivity contribution >= 4 is 13.3 Å². The molecule has 0 aliphatic rings. The number of hydrogen-bond acceptors (Lipinski definition) is 0. The molecule has 0 saturated heterocycles. The normalized spacial score (nSPS) is 11.7. The Morgan fingerprint density at radius 1 is 0.765 bits per heavy atom. The van der Waals surface area contributed by atoms with Crippen molar-refractivity contribution in [1.29, 1.82) is 0 Å². The summed E-state index contributed by atoms with van der Waals surface area (Å²) in [5.41, 5.74) is 0. The highest BCUT2D eigenvalue weighted by Gasteiger charge is 2.31. The second kappa shape index (κ2) is 7.70. The van der Waals surface area contributed by atoms with E-state index < -0.39 is 8.07 Å². The van der Waals surface area contributed by atoms with E-state index in [4.69, 9.17) is 0 Å². The summed E-state index contributed by atoms with van der Waals surface area (Å²) in [5.74, 6) is 0. The lowest BCUT2D eigenvalue weighted by molar-refractivity contribution is 0.847. The molecule has 0 atom stereocenters. The first-order chi connectivity index (χ1) is 8.29. The fraction of sp³-hybridized carbons (Fsp3) is 0.625. The lowest BCUT2D eigenvalue weighted by Crippen LogP contribution is -2.47. The molecule has 0 radical (unpaired) electrons. The second-order valence-corrected chi connectivity index (χ2v) is 9.89. The average molecular weight is 248 g/mol. The fourth-order valence-electron chi connectivity index (χ4n) is 3.07.